The quantitative estimate of drug-likeness (QED) is 0.535. The van der Waals surface area contributed by atoms with E-state index in [1.54, 1.807) is 0 Å². The summed E-state index contributed by atoms with van der Waals surface area (Å²) in [5.41, 5.74) is -0.0141. The summed E-state index contributed by atoms with van der Waals surface area (Å²) in [6.45, 7) is 6.38. The van der Waals surface area contributed by atoms with Gasteiger partial charge in [-0.05, 0) is 20.3 Å². The van der Waals surface area contributed by atoms with Crippen LogP contribution in [0.4, 0.5) is 0 Å². The molecule has 0 amide bonds. The second-order valence-corrected chi connectivity index (χ2v) is 3.41. The second-order valence-electron chi connectivity index (χ2n) is 3.41. The van der Waals surface area contributed by atoms with E-state index in [2.05, 4.69) is 32.9 Å². The van der Waals surface area contributed by atoms with E-state index in [1.807, 2.05) is 0 Å². The largest absolute Gasteiger partial charge is 0.364 e. The highest BCUT2D eigenvalue weighted by atomic mass is 16.5. The summed E-state index contributed by atoms with van der Waals surface area (Å²) in [6.07, 6.45) is 7.04. The van der Waals surface area contributed by atoms with Crippen molar-refractivity contribution in [3.63, 3.8) is 0 Å². The molecule has 0 fully saturated rings. The Bertz CT molecular complexity index is 136. The van der Waals surface area contributed by atoms with Gasteiger partial charge in [-0.2, -0.15) is 0 Å². The first-order valence-corrected chi connectivity index (χ1v) is 4.01. The van der Waals surface area contributed by atoms with Crippen LogP contribution in [0.1, 0.15) is 33.6 Å². The van der Waals surface area contributed by atoms with Crippen molar-refractivity contribution in [1.82, 2.24) is 0 Å². The first kappa shape index (κ1) is 7.80. The summed E-state index contributed by atoms with van der Waals surface area (Å²) < 4.78 is 5.68. The van der Waals surface area contributed by atoms with Gasteiger partial charge in [-0.25, -0.2) is 0 Å². The van der Waals surface area contributed by atoms with Gasteiger partial charge < -0.3 is 4.74 Å². The van der Waals surface area contributed by atoms with Crippen molar-refractivity contribution in [2.24, 2.45) is 0 Å². The Morgan fingerprint density at radius 3 is 2.60 bits per heavy atom. The number of ether oxygens (including phenoxy) is 1. The fourth-order valence-corrected chi connectivity index (χ4v) is 1.25. The molecule has 0 unspecified atom stereocenters. The monoisotopic (exact) mass is 140 g/mol. The van der Waals surface area contributed by atoms with Crippen LogP contribution in [0.25, 0.3) is 0 Å². The molecule has 0 N–H and O–H groups in total. The molecular weight excluding hydrogens is 124 g/mol. The van der Waals surface area contributed by atoms with Gasteiger partial charge in [-0.3, -0.25) is 0 Å². The van der Waals surface area contributed by atoms with Crippen LogP contribution in [-0.4, -0.2) is 11.7 Å². The topological polar surface area (TPSA) is 9.23 Å². The third-order valence-electron chi connectivity index (χ3n) is 1.74. The Balaban J connectivity index is 2.38. The molecule has 10 heavy (non-hydrogen) atoms. The fraction of sp³-hybridized carbons (Fsp3) is 0.778. The SMILES string of the molecule is CCC[C@@H]1C=CC(C)(C)O1. The summed E-state index contributed by atoms with van der Waals surface area (Å²) in [7, 11) is 0. The van der Waals surface area contributed by atoms with Gasteiger partial charge in [0.2, 0.25) is 0 Å². The first-order valence-electron chi connectivity index (χ1n) is 4.01. The van der Waals surface area contributed by atoms with E-state index in [-0.39, 0.29) is 5.60 Å². The molecule has 0 aliphatic carbocycles. The molecule has 0 aromatic carbocycles. The third kappa shape index (κ3) is 1.84. The highest BCUT2D eigenvalue weighted by molar-refractivity contribution is 5.07. The minimum absolute atomic E-state index is 0.0141. The first-order chi connectivity index (χ1) is 4.64. The lowest BCUT2D eigenvalue weighted by molar-refractivity contribution is -0.00172. The van der Waals surface area contributed by atoms with Crippen LogP contribution in [0.15, 0.2) is 12.2 Å². The number of hydrogen-bond acceptors (Lipinski definition) is 1. The van der Waals surface area contributed by atoms with Crippen molar-refractivity contribution < 1.29 is 4.74 Å². The van der Waals surface area contributed by atoms with E-state index in [9.17, 15) is 0 Å². The summed E-state index contributed by atoms with van der Waals surface area (Å²) in [4.78, 5) is 0. The Kier molecular flexibility index (Phi) is 2.14. The minimum Gasteiger partial charge on any atom is -0.364 e. The highest BCUT2D eigenvalue weighted by Crippen LogP contribution is 2.24. The van der Waals surface area contributed by atoms with Crippen LogP contribution in [0.3, 0.4) is 0 Å². The Labute approximate surface area is 63.1 Å². The molecule has 0 aromatic rings. The van der Waals surface area contributed by atoms with Crippen molar-refractivity contribution in [3.8, 4) is 0 Å². The molecule has 0 aromatic heterocycles. The normalized spacial score (nSPS) is 29.3. The van der Waals surface area contributed by atoms with Crippen molar-refractivity contribution in [1.29, 1.82) is 0 Å². The zero-order chi connectivity index (χ0) is 7.61. The summed E-state index contributed by atoms with van der Waals surface area (Å²) >= 11 is 0. The maximum absolute atomic E-state index is 5.68. The molecule has 1 rings (SSSR count). The molecule has 1 nitrogen and oxygen atoms in total. The van der Waals surface area contributed by atoms with Gasteiger partial charge in [-0.15, -0.1) is 0 Å². The minimum atomic E-state index is -0.0141. The van der Waals surface area contributed by atoms with E-state index in [4.69, 9.17) is 4.74 Å². The van der Waals surface area contributed by atoms with Crippen molar-refractivity contribution in [2.75, 3.05) is 0 Å². The molecule has 0 saturated carbocycles. The van der Waals surface area contributed by atoms with E-state index in [1.165, 1.54) is 6.42 Å². The maximum atomic E-state index is 5.68. The van der Waals surface area contributed by atoms with E-state index >= 15 is 0 Å². The van der Waals surface area contributed by atoms with Gasteiger partial charge in [0.25, 0.3) is 0 Å². The van der Waals surface area contributed by atoms with Crippen LogP contribution in [0.2, 0.25) is 0 Å². The second kappa shape index (κ2) is 2.75. The van der Waals surface area contributed by atoms with Crippen LogP contribution in [-0.2, 0) is 4.74 Å². The fourth-order valence-electron chi connectivity index (χ4n) is 1.25. The average molecular weight is 140 g/mol. The Morgan fingerprint density at radius 2 is 2.20 bits per heavy atom. The average Bonchev–Trinajstić information content (AvgIpc) is 2.12. The van der Waals surface area contributed by atoms with Crippen molar-refractivity contribution in [3.05, 3.63) is 12.2 Å². The van der Waals surface area contributed by atoms with Crippen LogP contribution in [0, 0.1) is 0 Å². The Morgan fingerprint density at radius 1 is 1.50 bits per heavy atom. The van der Waals surface area contributed by atoms with Crippen molar-refractivity contribution >= 4 is 0 Å². The summed E-state index contributed by atoms with van der Waals surface area (Å²) in [5, 5.41) is 0. The zero-order valence-corrected chi connectivity index (χ0v) is 7.05. The third-order valence-corrected chi connectivity index (χ3v) is 1.74. The molecule has 1 atom stereocenters. The van der Waals surface area contributed by atoms with Crippen molar-refractivity contribution in [2.45, 2.75) is 45.3 Å². The molecule has 1 heteroatoms. The van der Waals surface area contributed by atoms with Crippen LogP contribution < -0.4 is 0 Å². The summed E-state index contributed by atoms with van der Waals surface area (Å²) in [6, 6.07) is 0. The molecule has 0 spiro atoms. The molecule has 58 valence electrons. The van der Waals surface area contributed by atoms with Crippen LogP contribution >= 0.6 is 0 Å². The Hall–Kier alpha value is -0.300. The molecule has 0 radical (unpaired) electrons. The predicted molar refractivity (Wildman–Crippen MR) is 43.0 cm³/mol. The lowest BCUT2D eigenvalue weighted by Crippen LogP contribution is -2.20. The molecule has 1 heterocycles. The molecule has 1 aliphatic heterocycles. The molecule has 0 bridgehead atoms. The molecule has 0 saturated heterocycles. The van der Waals surface area contributed by atoms with E-state index < -0.39 is 0 Å². The molecule has 1 aliphatic rings. The number of hydrogen-bond donors (Lipinski definition) is 0. The predicted octanol–water partition coefficient (Wildman–Crippen LogP) is 2.52. The molecular formula is C9H16O. The highest BCUT2D eigenvalue weighted by Gasteiger charge is 2.24. The lowest BCUT2D eigenvalue weighted by Gasteiger charge is -2.18. The van der Waals surface area contributed by atoms with E-state index in [0.717, 1.165) is 6.42 Å². The van der Waals surface area contributed by atoms with E-state index in [0.29, 0.717) is 6.10 Å². The standard InChI is InChI=1S/C9H16O/c1-4-5-8-6-7-9(2,3)10-8/h6-8H,4-5H2,1-3H3/t8-/m1/s1. The van der Waals surface area contributed by atoms with Gasteiger partial charge in [-0.1, -0.05) is 25.5 Å². The van der Waals surface area contributed by atoms with Gasteiger partial charge in [0.15, 0.2) is 0 Å². The smallest absolute Gasteiger partial charge is 0.0815 e. The summed E-state index contributed by atoms with van der Waals surface area (Å²) in [5.74, 6) is 0. The number of rotatable bonds is 2. The van der Waals surface area contributed by atoms with Gasteiger partial charge in [0.05, 0.1) is 11.7 Å². The zero-order valence-electron chi connectivity index (χ0n) is 7.05. The maximum Gasteiger partial charge on any atom is 0.0815 e. The van der Waals surface area contributed by atoms with Crippen LogP contribution in [0.5, 0.6) is 0 Å². The van der Waals surface area contributed by atoms with Gasteiger partial charge in [0.1, 0.15) is 0 Å². The van der Waals surface area contributed by atoms with Gasteiger partial charge in [0, 0.05) is 0 Å². The lowest BCUT2D eigenvalue weighted by atomic mass is 10.1. The van der Waals surface area contributed by atoms with Gasteiger partial charge >= 0.3 is 0 Å².